The summed E-state index contributed by atoms with van der Waals surface area (Å²) in [5.41, 5.74) is 4.76. The molecule has 1 aromatic heterocycles. The average Bonchev–Trinajstić information content (AvgIpc) is 2.93. The first kappa shape index (κ1) is 13.3. The van der Waals surface area contributed by atoms with Crippen LogP contribution in [0.5, 0.6) is 0 Å². The van der Waals surface area contributed by atoms with Crippen molar-refractivity contribution in [2.75, 3.05) is 13.1 Å². The third kappa shape index (κ3) is 2.48. The molecule has 0 aliphatic carbocycles. The lowest BCUT2D eigenvalue weighted by atomic mass is 9.98. The van der Waals surface area contributed by atoms with Gasteiger partial charge in [0.1, 0.15) is 0 Å². The number of piperidine rings is 1. The number of hydrogen-bond donors (Lipinski definition) is 1. The summed E-state index contributed by atoms with van der Waals surface area (Å²) in [5, 5.41) is 7.58. The van der Waals surface area contributed by atoms with Gasteiger partial charge < -0.3 is 9.84 Å². The first-order valence-corrected chi connectivity index (χ1v) is 7.27. The van der Waals surface area contributed by atoms with Crippen LogP contribution in [-0.4, -0.2) is 23.2 Å². The second kappa shape index (κ2) is 5.37. The lowest BCUT2D eigenvalue weighted by molar-refractivity contribution is 0.393. The summed E-state index contributed by atoms with van der Waals surface area (Å²) in [5.74, 6) is 1.87. The van der Waals surface area contributed by atoms with Gasteiger partial charge in [-0.15, -0.1) is 0 Å². The van der Waals surface area contributed by atoms with Crippen molar-refractivity contribution in [3.05, 3.63) is 34.6 Å². The maximum Gasteiger partial charge on any atom is 0.258 e. The van der Waals surface area contributed by atoms with Gasteiger partial charge in [0, 0.05) is 18.0 Å². The van der Waals surface area contributed by atoms with Crippen molar-refractivity contribution in [1.82, 2.24) is 15.5 Å². The van der Waals surface area contributed by atoms with Gasteiger partial charge in [0.05, 0.1) is 0 Å². The molecule has 1 atom stereocenters. The predicted molar refractivity (Wildman–Crippen MR) is 78.8 cm³/mol. The number of benzene rings is 1. The summed E-state index contributed by atoms with van der Waals surface area (Å²) >= 11 is 0. The lowest BCUT2D eigenvalue weighted by Crippen LogP contribution is -2.28. The van der Waals surface area contributed by atoms with Crippen LogP contribution < -0.4 is 5.32 Å². The van der Waals surface area contributed by atoms with Crippen LogP contribution >= 0.6 is 0 Å². The fourth-order valence-corrected chi connectivity index (χ4v) is 2.84. The topological polar surface area (TPSA) is 51.0 Å². The van der Waals surface area contributed by atoms with Gasteiger partial charge in [0.25, 0.3) is 5.89 Å². The highest BCUT2D eigenvalue weighted by Gasteiger charge is 2.21. The number of nitrogens with zero attached hydrogens (tertiary/aromatic N) is 2. The molecule has 1 unspecified atom stereocenters. The molecule has 0 bridgehead atoms. The Morgan fingerprint density at radius 1 is 1.25 bits per heavy atom. The van der Waals surface area contributed by atoms with Crippen molar-refractivity contribution in [1.29, 1.82) is 0 Å². The summed E-state index contributed by atoms with van der Waals surface area (Å²) in [6, 6.07) is 4.31. The molecule has 3 rings (SSSR count). The Hall–Kier alpha value is -1.68. The molecule has 2 aromatic rings. The van der Waals surface area contributed by atoms with Crippen molar-refractivity contribution in [2.45, 2.75) is 39.5 Å². The Bertz CT molecular complexity index is 612. The van der Waals surface area contributed by atoms with E-state index in [2.05, 4.69) is 48.4 Å². The predicted octanol–water partition coefficient (Wildman–Crippen LogP) is 3.13. The van der Waals surface area contributed by atoms with Crippen molar-refractivity contribution in [2.24, 2.45) is 0 Å². The van der Waals surface area contributed by atoms with E-state index in [1.54, 1.807) is 0 Å². The molecule has 2 heterocycles. The van der Waals surface area contributed by atoms with Gasteiger partial charge in [-0.25, -0.2) is 0 Å². The fourth-order valence-electron chi connectivity index (χ4n) is 2.84. The van der Waals surface area contributed by atoms with E-state index in [4.69, 9.17) is 4.52 Å². The SMILES string of the molecule is Cc1cc(C)c(C)c(-c2nc(C3CCCNC3)no2)c1. The van der Waals surface area contributed by atoms with Crippen molar-refractivity contribution in [3.63, 3.8) is 0 Å². The normalized spacial score (nSPS) is 19.2. The largest absolute Gasteiger partial charge is 0.334 e. The van der Waals surface area contributed by atoms with Gasteiger partial charge in [0.2, 0.25) is 0 Å². The molecule has 1 aromatic carbocycles. The van der Waals surface area contributed by atoms with Gasteiger partial charge in [-0.2, -0.15) is 4.98 Å². The zero-order chi connectivity index (χ0) is 14.1. The number of aromatic nitrogens is 2. The van der Waals surface area contributed by atoms with Crippen LogP contribution in [-0.2, 0) is 0 Å². The minimum Gasteiger partial charge on any atom is -0.334 e. The highest BCUT2D eigenvalue weighted by molar-refractivity contribution is 5.61. The van der Waals surface area contributed by atoms with Crippen LogP contribution in [0.15, 0.2) is 16.7 Å². The molecule has 0 amide bonds. The third-order valence-electron chi connectivity index (χ3n) is 4.15. The number of nitrogens with one attached hydrogen (secondary N) is 1. The van der Waals surface area contributed by atoms with Crippen LogP contribution in [0.4, 0.5) is 0 Å². The Morgan fingerprint density at radius 3 is 2.85 bits per heavy atom. The van der Waals surface area contributed by atoms with Gasteiger partial charge in [-0.05, 0) is 57.4 Å². The van der Waals surface area contributed by atoms with Crippen LogP contribution in [0.2, 0.25) is 0 Å². The standard InChI is InChI=1S/C16H21N3O/c1-10-7-11(2)12(3)14(8-10)16-18-15(19-20-16)13-5-4-6-17-9-13/h7-8,13,17H,4-6,9H2,1-3H3. The van der Waals surface area contributed by atoms with Crippen LogP contribution in [0.1, 0.15) is 41.3 Å². The van der Waals surface area contributed by atoms with E-state index in [0.29, 0.717) is 11.8 Å². The molecular formula is C16H21N3O. The average molecular weight is 271 g/mol. The minimum absolute atomic E-state index is 0.382. The van der Waals surface area contributed by atoms with E-state index in [-0.39, 0.29) is 0 Å². The van der Waals surface area contributed by atoms with Crippen molar-refractivity contribution < 1.29 is 4.52 Å². The van der Waals surface area contributed by atoms with Crippen molar-refractivity contribution >= 4 is 0 Å². The first-order chi connectivity index (χ1) is 9.65. The fraction of sp³-hybridized carbons (Fsp3) is 0.500. The highest BCUT2D eigenvalue weighted by Crippen LogP contribution is 2.28. The summed E-state index contributed by atoms with van der Waals surface area (Å²) in [6.07, 6.45) is 2.31. The smallest absolute Gasteiger partial charge is 0.258 e. The summed E-state index contributed by atoms with van der Waals surface area (Å²) in [6.45, 7) is 8.37. The monoisotopic (exact) mass is 271 g/mol. The first-order valence-electron chi connectivity index (χ1n) is 7.27. The summed E-state index contributed by atoms with van der Waals surface area (Å²) in [7, 11) is 0. The maximum absolute atomic E-state index is 5.51. The van der Waals surface area contributed by atoms with Crippen LogP contribution in [0, 0.1) is 20.8 Å². The molecule has 1 aliphatic rings. The van der Waals surface area contributed by atoms with Crippen LogP contribution in [0.3, 0.4) is 0 Å². The third-order valence-corrected chi connectivity index (χ3v) is 4.15. The van der Waals surface area contributed by atoms with Crippen LogP contribution in [0.25, 0.3) is 11.5 Å². The van der Waals surface area contributed by atoms with E-state index < -0.39 is 0 Å². The van der Waals surface area contributed by atoms with E-state index in [9.17, 15) is 0 Å². The molecule has 4 heteroatoms. The summed E-state index contributed by atoms with van der Waals surface area (Å²) < 4.78 is 5.51. The number of hydrogen-bond acceptors (Lipinski definition) is 4. The summed E-state index contributed by atoms with van der Waals surface area (Å²) in [4.78, 5) is 4.63. The maximum atomic E-state index is 5.51. The lowest BCUT2D eigenvalue weighted by Gasteiger charge is -2.19. The molecule has 1 saturated heterocycles. The molecule has 0 spiro atoms. The highest BCUT2D eigenvalue weighted by atomic mass is 16.5. The number of aryl methyl sites for hydroxylation is 2. The van der Waals surface area contributed by atoms with Gasteiger partial charge >= 0.3 is 0 Å². The molecule has 1 N–H and O–H groups in total. The van der Waals surface area contributed by atoms with Gasteiger partial charge in [-0.3, -0.25) is 0 Å². The Kier molecular flexibility index (Phi) is 3.57. The number of rotatable bonds is 2. The zero-order valence-corrected chi connectivity index (χ0v) is 12.4. The second-order valence-corrected chi connectivity index (χ2v) is 5.76. The van der Waals surface area contributed by atoms with Crippen molar-refractivity contribution in [3.8, 4) is 11.5 Å². The van der Waals surface area contributed by atoms with E-state index in [0.717, 1.165) is 30.9 Å². The van der Waals surface area contributed by atoms with Gasteiger partial charge in [0.15, 0.2) is 5.82 Å². The molecule has 0 saturated carbocycles. The molecule has 20 heavy (non-hydrogen) atoms. The molecule has 106 valence electrons. The Balaban J connectivity index is 1.93. The van der Waals surface area contributed by atoms with Gasteiger partial charge in [-0.1, -0.05) is 16.8 Å². The quantitative estimate of drug-likeness (QED) is 0.911. The second-order valence-electron chi connectivity index (χ2n) is 5.76. The molecular weight excluding hydrogens is 250 g/mol. The minimum atomic E-state index is 0.382. The molecule has 0 radical (unpaired) electrons. The van der Waals surface area contributed by atoms with E-state index in [1.165, 1.54) is 23.1 Å². The molecule has 1 fully saturated rings. The Morgan fingerprint density at radius 2 is 2.10 bits per heavy atom. The Labute approximate surface area is 119 Å². The van der Waals surface area contributed by atoms with E-state index in [1.807, 2.05) is 0 Å². The molecule has 1 aliphatic heterocycles. The van der Waals surface area contributed by atoms with E-state index >= 15 is 0 Å². The zero-order valence-electron chi connectivity index (χ0n) is 12.4. The molecule has 4 nitrogen and oxygen atoms in total.